The first kappa shape index (κ1) is 19.3. The Kier molecular flexibility index (Phi) is 5.98. The summed E-state index contributed by atoms with van der Waals surface area (Å²) in [7, 11) is 0. The van der Waals surface area contributed by atoms with Gasteiger partial charge in [0.25, 0.3) is 5.91 Å². The maximum absolute atomic E-state index is 12.6. The molecule has 6 nitrogen and oxygen atoms in total. The van der Waals surface area contributed by atoms with Crippen LogP contribution in [0.25, 0.3) is 0 Å². The van der Waals surface area contributed by atoms with Gasteiger partial charge in [0.2, 0.25) is 0 Å². The summed E-state index contributed by atoms with van der Waals surface area (Å²) in [6.07, 6.45) is 4.26. The van der Waals surface area contributed by atoms with Crippen molar-refractivity contribution in [3.05, 3.63) is 65.2 Å². The SMILES string of the molecule is NC(=NCc1ccc(C(=O)N2CCCCC2)cc1)NC1CCOc2ccccc21. The van der Waals surface area contributed by atoms with E-state index in [2.05, 4.69) is 16.4 Å². The zero-order valence-corrected chi connectivity index (χ0v) is 16.6. The van der Waals surface area contributed by atoms with Gasteiger partial charge < -0.3 is 20.7 Å². The highest BCUT2D eigenvalue weighted by molar-refractivity contribution is 5.94. The number of nitrogens with zero attached hydrogens (tertiary/aromatic N) is 2. The van der Waals surface area contributed by atoms with E-state index in [0.717, 1.165) is 54.8 Å². The summed E-state index contributed by atoms with van der Waals surface area (Å²) in [5.41, 5.74) is 9.00. The molecular formula is C23H28N4O2. The van der Waals surface area contributed by atoms with Crippen LogP contribution in [0.4, 0.5) is 0 Å². The van der Waals surface area contributed by atoms with Gasteiger partial charge in [-0.25, -0.2) is 4.99 Å². The average Bonchev–Trinajstić information content (AvgIpc) is 2.78. The molecule has 4 rings (SSSR count). The molecule has 0 saturated carbocycles. The van der Waals surface area contributed by atoms with Gasteiger partial charge in [0.05, 0.1) is 19.2 Å². The highest BCUT2D eigenvalue weighted by Crippen LogP contribution is 2.31. The fourth-order valence-electron chi connectivity index (χ4n) is 3.92. The van der Waals surface area contributed by atoms with Crippen LogP contribution in [0, 0.1) is 0 Å². The summed E-state index contributed by atoms with van der Waals surface area (Å²) < 4.78 is 5.69. The van der Waals surface area contributed by atoms with Crippen LogP contribution in [0.2, 0.25) is 0 Å². The lowest BCUT2D eigenvalue weighted by molar-refractivity contribution is 0.0724. The summed E-state index contributed by atoms with van der Waals surface area (Å²) in [6.45, 7) is 2.86. The van der Waals surface area contributed by atoms with Crippen LogP contribution >= 0.6 is 0 Å². The Morgan fingerprint density at radius 3 is 2.66 bits per heavy atom. The van der Waals surface area contributed by atoms with E-state index in [1.165, 1.54) is 6.42 Å². The van der Waals surface area contributed by atoms with Gasteiger partial charge in [-0.05, 0) is 43.0 Å². The Hall–Kier alpha value is -3.02. The molecule has 1 fully saturated rings. The number of hydrogen-bond acceptors (Lipinski definition) is 3. The van der Waals surface area contributed by atoms with Crippen LogP contribution in [-0.2, 0) is 6.54 Å². The molecule has 29 heavy (non-hydrogen) atoms. The third-order valence-corrected chi connectivity index (χ3v) is 5.56. The quantitative estimate of drug-likeness (QED) is 0.618. The predicted octanol–water partition coefficient (Wildman–Crippen LogP) is 3.24. The molecule has 0 spiro atoms. The fourth-order valence-corrected chi connectivity index (χ4v) is 3.92. The number of fused-ring (bicyclic) bond motifs is 1. The maximum atomic E-state index is 12.6. The van der Waals surface area contributed by atoms with Crippen molar-refractivity contribution in [3.63, 3.8) is 0 Å². The van der Waals surface area contributed by atoms with Gasteiger partial charge in [-0.1, -0.05) is 30.3 Å². The summed E-state index contributed by atoms with van der Waals surface area (Å²) in [5.74, 6) is 1.44. The Labute approximate surface area is 171 Å². The number of piperidine rings is 1. The normalized spacial score (nSPS) is 19.2. The number of carbonyl (C=O) groups is 1. The van der Waals surface area contributed by atoms with Gasteiger partial charge in [0, 0.05) is 30.6 Å². The molecule has 0 aromatic heterocycles. The number of hydrogen-bond donors (Lipinski definition) is 2. The first-order chi connectivity index (χ1) is 14.2. The number of amides is 1. The molecule has 2 aromatic rings. The molecule has 152 valence electrons. The highest BCUT2D eigenvalue weighted by atomic mass is 16.5. The van der Waals surface area contributed by atoms with Crippen LogP contribution in [0.1, 0.15) is 53.2 Å². The van der Waals surface area contributed by atoms with Gasteiger partial charge in [0.1, 0.15) is 5.75 Å². The molecule has 6 heteroatoms. The zero-order chi connectivity index (χ0) is 20.1. The van der Waals surface area contributed by atoms with Gasteiger partial charge >= 0.3 is 0 Å². The van der Waals surface area contributed by atoms with Crippen LogP contribution in [0.15, 0.2) is 53.5 Å². The third-order valence-electron chi connectivity index (χ3n) is 5.56. The van der Waals surface area contributed by atoms with E-state index < -0.39 is 0 Å². The van der Waals surface area contributed by atoms with E-state index in [1.807, 2.05) is 47.4 Å². The lowest BCUT2D eigenvalue weighted by Crippen LogP contribution is -2.37. The number of rotatable bonds is 4. The second-order valence-corrected chi connectivity index (χ2v) is 7.62. The number of para-hydroxylation sites is 1. The van der Waals surface area contributed by atoms with Crippen molar-refractivity contribution in [2.24, 2.45) is 10.7 Å². The van der Waals surface area contributed by atoms with Crippen molar-refractivity contribution in [1.29, 1.82) is 0 Å². The minimum atomic E-state index is 0.105. The van der Waals surface area contributed by atoms with Crippen LogP contribution in [0.3, 0.4) is 0 Å². The number of nitrogens with two attached hydrogens (primary N) is 1. The number of nitrogens with one attached hydrogen (secondary N) is 1. The Morgan fingerprint density at radius 1 is 1.10 bits per heavy atom. The third kappa shape index (κ3) is 4.70. The summed E-state index contributed by atoms with van der Waals surface area (Å²) >= 11 is 0. The van der Waals surface area contributed by atoms with E-state index >= 15 is 0 Å². The predicted molar refractivity (Wildman–Crippen MR) is 114 cm³/mol. The molecule has 2 heterocycles. The molecule has 1 unspecified atom stereocenters. The standard InChI is InChI=1S/C23H28N4O2/c24-23(26-20-12-15-29-21-7-3-2-6-19(20)21)25-16-17-8-10-18(11-9-17)22(28)27-13-4-1-5-14-27/h2-3,6-11,20H,1,4-5,12-16H2,(H3,24,25,26). The zero-order valence-electron chi connectivity index (χ0n) is 16.6. The van der Waals surface area contributed by atoms with Gasteiger partial charge in [-0.2, -0.15) is 0 Å². The molecule has 1 atom stereocenters. The molecule has 0 bridgehead atoms. The fraction of sp³-hybridized carbons (Fsp3) is 0.391. The topological polar surface area (TPSA) is 80.0 Å². The van der Waals surface area contributed by atoms with Crippen LogP contribution in [0.5, 0.6) is 5.75 Å². The molecule has 2 aromatic carbocycles. The Bertz CT molecular complexity index is 873. The van der Waals surface area contributed by atoms with Crippen molar-refractivity contribution in [3.8, 4) is 5.75 Å². The van der Waals surface area contributed by atoms with E-state index in [0.29, 0.717) is 19.1 Å². The molecule has 0 aliphatic carbocycles. The summed E-state index contributed by atoms with van der Waals surface area (Å²) in [5, 5.41) is 3.30. The summed E-state index contributed by atoms with van der Waals surface area (Å²) in [4.78, 5) is 19.0. The second-order valence-electron chi connectivity index (χ2n) is 7.62. The lowest BCUT2D eigenvalue weighted by atomic mass is 10.0. The largest absolute Gasteiger partial charge is 0.493 e. The number of ether oxygens (including phenoxy) is 1. The Balaban J connectivity index is 1.35. The number of aliphatic imine (C=N–C) groups is 1. The molecule has 0 radical (unpaired) electrons. The van der Waals surface area contributed by atoms with Gasteiger partial charge in [-0.3, -0.25) is 4.79 Å². The van der Waals surface area contributed by atoms with E-state index in [-0.39, 0.29) is 11.9 Å². The van der Waals surface area contributed by atoms with Gasteiger partial charge in [0.15, 0.2) is 5.96 Å². The lowest BCUT2D eigenvalue weighted by Gasteiger charge is -2.27. The minimum absolute atomic E-state index is 0.105. The van der Waals surface area contributed by atoms with Crippen molar-refractivity contribution in [2.45, 2.75) is 38.3 Å². The van der Waals surface area contributed by atoms with Crippen LogP contribution in [-0.4, -0.2) is 36.5 Å². The number of benzene rings is 2. The van der Waals surface area contributed by atoms with Crippen molar-refractivity contribution >= 4 is 11.9 Å². The molecule has 2 aliphatic heterocycles. The second kappa shape index (κ2) is 8.99. The van der Waals surface area contributed by atoms with E-state index in [4.69, 9.17) is 10.5 Å². The molecule has 2 aliphatic rings. The van der Waals surface area contributed by atoms with E-state index in [9.17, 15) is 4.79 Å². The summed E-state index contributed by atoms with van der Waals surface area (Å²) in [6, 6.07) is 15.8. The van der Waals surface area contributed by atoms with Crippen molar-refractivity contribution in [1.82, 2.24) is 10.2 Å². The van der Waals surface area contributed by atoms with Crippen molar-refractivity contribution in [2.75, 3.05) is 19.7 Å². The number of guanidine groups is 1. The minimum Gasteiger partial charge on any atom is -0.493 e. The highest BCUT2D eigenvalue weighted by Gasteiger charge is 2.21. The molecular weight excluding hydrogens is 364 g/mol. The Morgan fingerprint density at radius 2 is 1.86 bits per heavy atom. The monoisotopic (exact) mass is 392 g/mol. The molecule has 1 amide bonds. The van der Waals surface area contributed by atoms with Crippen molar-refractivity contribution < 1.29 is 9.53 Å². The number of likely N-dealkylation sites (tertiary alicyclic amines) is 1. The van der Waals surface area contributed by atoms with Gasteiger partial charge in [-0.15, -0.1) is 0 Å². The molecule has 1 saturated heterocycles. The first-order valence-corrected chi connectivity index (χ1v) is 10.4. The maximum Gasteiger partial charge on any atom is 0.253 e. The van der Waals surface area contributed by atoms with Crippen LogP contribution < -0.4 is 15.8 Å². The smallest absolute Gasteiger partial charge is 0.253 e. The first-order valence-electron chi connectivity index (χ1n) is 10.4. The number of carbonyl (C=O) groups excluding carboxylic acids is 1. The average molecular weight is 393 g/mol. The van der Waals surface area contributed by atoms with E-state index in [1.54, 1.807) is 0 Å². The molecule has 3 N–H and O–H groups in total.